The van der Waals surface area contributed by atoms with Crippen LogP contribution in [0.2, 0.25) is 5.15 Å². The SMILES string of the molecule is CCc1nc(Cl)c(C)c(N2CCCC(C)(O)CC2)n1. The van der Waals surface area contributed by atoms with E-state index in [1.165, 1.54) is 0 Å². The van der Waals surface area contributed by atoms with Crippen molar-refractivity contribution in [3.8, 4) is 0 Å². The van der Waals surface area contributed by atoms with Crippen LogP contribution in [0, 0.1) is 6.92 Å². The van der Waals surface area contributed by atoms with Gasteiger partial charge in [0, 0.05) is 25.1 Å². The predicted molar refractivity (Wildman–Crippen MR) is 77.8 cm³/mol. The minimum absolute atomic E-state index is 0.540. The lowest BCUT2D eigenvalue weighted by molar-refractivity contribution is 0.0481. The van der Waals surface area contributed by atoms with Crippen LogP contribution >= 0.6 is 11.6 Å². The number of halogens is 1. The molecule has 1 unspecified atom stereocenters. The van der Waals surface area contributed by atoms with Crippen molar-refractivity contribution >= 4 is 17.4 Å². The third-order valence-corrected chi connectivity index (χ3v) is 4.15. The van der Waals surface area contributed by atoms with Crippen molar-refractivity contribution in [3.05, 3.63) is 16.5 Å². The zero-order valence-corrected chi connectivity index (χ0v) is 12.7. The molecule has 0 spiro atoms. The highest BCUT2D eigenvalue weighted by Gasteiger charge is 2.26. The van der Waals surface area contributed by atoms with Crippen LogP contribution in [0.1, 0.15) is 44.5 Å². The third-order valence-electron chi connectivity index (χ3n) is 3.79. The Morgan fingerprint density at radius 2 is 2.05 bits per heavy atom. The fourth-order valence-electron chi connectivity index (χ4n) is 2.46. The molecule has 0 aromatic carbocycles. The molecule has 4 nitrogen and oxygen atoms in total. The van der Waals surface area contributed by atoms with Crippen molar-refractivity contribution < 1.29 is 5.11 Å². The van der Waals surface area contributed by atoms with Crippen molar-refractivity contribution in [2.24, 2.45) is 0 Å². The van der Waals surface area contributed by atoms with Crippen molar-refractivity contribution in [2.75, 3.05) is 18.0 Å². The second-order valence-corrected chi connectivity index (χ2v) is 5.93. The Labute approximate surface area is 119 Å². The van der Waals surface area contributed by atoms with Gasteiger partial charge in [-0.15, -0.1) is 0 Å². The molecule has 1 fully saturated rings. The van der Waals surface area contributed by atoms with Crippen LogP contribution in [0.25, 0.3) is 0 Å². The Kier molecular flexibility index (Phi) is 4.31. The molecule has 1 aromatic rings. The zero-order valence-electron chi connectivity index (χ0n) is 11.9. The second-order valence-electron chi connectivity index (χ2n) is 5.57. The molecule has 106 valence electrons. The summed E-state index contributed by atoms with van der Waals surface area (Å²) in [6.07, 6.45) is 3.34. The largest absolute Gasteiger partial charge is 0.390 e. The fraction of sp³-hybridized carbons (Fsp3) is 0.714. The van der Waals surface area contributed by atoms with Crippen LogP contribution in [0.3, 0.4) is 0 Å². The van der Waals surface area contributed by atoms with Crippen molar-refractivity contribution in [2.45, 2.75) is 52.1 Å². The van der Waals surface area contributed by atoms with E-state index in [1.807, 2.05) is 20.8 Å². The molecule has 19 heavy (non-hydrogen) atoms. The van der Waals surface area contributed by atoms with E-state index in [0.717, 1.165) is 56.0 Å². The number of nitrogens with zero attached hydrogens (tertiary/aromatic N) is 3. The molecule has 1 atom stereocenters. The minimum atomic E-state index is -0.562. The Hall–Kier alpha value is -0.870. The summed E-state index contributed by atoms with van der Waals surface area (Å²) in [5.74, 6) is 1.70. The first-order chi connectivity index (χ1) is 8.93. The average Bonchev–Trinajstić information content (AvgIpc) is 2.53. The molecule has 0 amide bonds. The first-order valence-electron chi connectivity index (χ1n) is 6.93. The maximum absolute atomic E-state index is 10.2. The van der Waals surface area contributed by atoms with E-state index in [2.05, 4.69) is 14.9 Å². The summed E-state index contributed by atoms with van der Waals surface area (Å²) in [5.41, 5.74) is 0.369. The normalized spacial score (nSPS) is 24.4. The van der Waals surface area contributed by atoms with E-state index < -0.39 is 5.60 Å². The standard InChI is InChI=1S/C14H22ClN3O/c1-4-11-16-12(15)10(2)13(17-11)18-8-5-6-14(3,19)7-9-18/h19H,4-9H2,1-3H3. The molecule has 1 aromatic heterocycles. The van der Waals surface area contributed by atoms with Crippen LogP contribution in [0.15, 0.2) is 0 Å². The van der Waals surface area contributed by atoms with E-state index in [4.69, 9.17) is 11.6 Å². The first-order valence-corrected chi connectivity index (χ1v) is 7.31. The number of rotatable bonds is 2. The number of anilines is 1. The number of hydrogen-bond donors (Lipinski definition) is 1. The molecule has 1 saturated heterocycles. The van der Waals surface area contributed by atoms with Crippen LogP contribution in [0.5, 0.6) is 0 Å². The monoisotopic (exact) mass is 283 g/mol. The highest BCUT2D eigenvalue weighted by Crippen LogP contribution is 2.28. The summed E-state index contributed by atoms with van der Waals surface area (Å²) in [5, 5.41) is 10.7. The molecule has 5 heteroatoms. The number of aliphatic hydroxyl groups is 1. The maximum atomic E-state index is 10.2. The topological polar surface area (TPSA) is 49.2 Å². The number of aryl methyl sites for hydroxylation is 1. The van der Waals surface area contributed by atoms with Crippen LogP contribution in [-0.4, -0.2) is 33.8 Å². The van der Waals surface area contributed by atoms with E-state index >= 15 is 0 Å². The summed E-state index contributed by atoms with van der Waals surface area (Å²) in [4.78, 5) is 11.1. The Morgan fingerprint density at radius 3 is 2.74 bits per heavy atom. The molecule has 0 saturated carbocycles. The van der Waals surface area contributed by atoms with E-state index in [-0.39, 0.29) is 0 Å². The number of aromatic nitrogens is 2. The van der Waals surface area contributed by atoms with Gasteiger partial charge in [-0.05, 0) is 33.1 Å². The van der Waals surface area contributed by atoms with Gasteiger partial charge in [-0.25, -0.2) is 9.97 Å². The molecular formula is C14H22ClN3O. The minimum Gasteiger partial charge on any atom is -0.390 e. The average molecular weight is 284 g/mol. The molecule has 2 heterocycles. The Morgan fingerprint density at radius 1 is 1.32 bits per heavy atom. The fourth-order valence-corrected chi connectivity index (χ4v) is 2.64. The van der Waals surface area contributed by atoms with Gasteiger partial charge in [0.25, 0.3) is 0 Å². The lowest BCUT2D eigenvalue weighted by atomic mass is 9.98. The quantitative estimate of drug-likeness (QED) is 0.848. The van der Waals surface area contributed by atoms with Crippen molar-refractivity contribution in [3.63, 3.8) is 0 Å². The van der Waals surface area contributed by atoms with Gasteiger partial charge in [-0.3, -0.25) is 0 Å². The van der Waals surface area contributed by atoms with Crippen LogP contribution in [0.4, 0.5) is 5.82 Å². The summed E-state index contributed by atoms with van der Waals surface area (Å²) < 4.78 is 0. The van der Waals surface area contributed by atoms with Gasteiger partial charge in [0.15, 0.2) is 0 Å². The molecule has 0 radical (unpaired) electrons. The van der Waals surface area contributed by atoms with Gasteiger partial charge in [0.05, 0.1) is 5.60 Å². The lowest BCUT2D eigenvalue weighted by Crippen LogP contribution is -2.29. The predicted octanol–water partition coefficient (Wildman–Crippen LogP) is 2.74. The van der Waals surface area contributed by atoms with E-state index in [9.17, 15) is 5.11 Å². The van der Waals surface area contributed by atoms with E-state index in [0.29, 0.717) is 5.15 Å². The van der Waals surface area contributed by atoms with Gasteiger partial charge in [-0.1, -0.05) is 18.5 Å². The second kappa shape index (κ2) is 5.63. The van der Waals surface area contributed by atoms with Crippen LogP contribution in [-0.2, 0) is 6.42 Å². The molecule has 0 bridgehead atoms. The lowest BCUT2D eigenvalue weighted by Gasteiger charge is -2.25. The summed E-state index contributed by atoms with van der Waals surface area (Å²) >= 11 is 6.19. The molecule has 0 aliphatic carbocycles. The Balaban J connectivity index is 2.28. The van der Waals surface area contributed by atoms with Gasteiger partial charge in [-0.2, -0.15) is 0 Å². The first kappa shape index (κ1) is 14.5. The van der Waals surface area contributed by atoms with Crippen molar-refractivity contribution in [1.29, 1.82) is 0 Å². The zero-order chi connectivity index (χ0) is 14.0. The molecule has 1 aliphatic heterocycles. The van der Waals surface area contributed by atoms with Gasteiger partial charge in [0.2, 0.25) is 0 Å². The Bertz CT molecular complexity index is 462. The van der Waals surface area contributed by atoms with Crippen molar-refractivity contribution in [1.82, 2.24) is 9.97 Å². The highest BCUT2D eigenvalue weighted by molar-refractivity contribution is 6.30. The summed E-state index contributed by atoms with van der Waals surface area (Å²) in [6, 6.07) is 0. The summed E-state index contributed by atoms with van der Waals surface area (Å²) in [6.45, 7) is 7.61. The smallest absolute Gasteiger partial charge is 0.137 e. The van der Waals surface area contributed by atoms with Gasteiger partial charge in [0.1, 0.15) is 16.8 Å². The summed E-state index contributed by atoms with van der Waals surface area (Å²) in [7, 11) is 0. The van der Waals surface area contributed by atoms with Crippen LogP contribution < -0.4 is 4.90 Å². The molecule has 1 aliphatic rings. The molecule has 1 N–H and O–H groups in total. The highest BCUT2D eigenvalue weighted by atomic mass is 35.5. The maximum Gasteiger partial charge on any atom is 0.137 e. The van der Waals surface area contributed by atoms with Gasteiger partial charge < -0.3 is 10.0 Å². The van der Waals surface area contributed by atoms with E-state index in [1.54, 1.807) is 0 Å². The molecule has 2 rings (SSSR count). The molecular weight excluding hydrogens is 262 g/mol. The van der Waals surface area contributed by atoms with Gasteiger partial charge >= 0.3 is 0 Å². The third kappa shape index (κ3) is 3.37. The number of hydrogen-bond acceptors (Lipinski definition) is 4.